The number of non-ortho nitro benzene ring substituents is 1. The highest BCUT2D eigenvalue weighted by molar-refractivity contribution is 5.50. The summed E-state index contributed by atoms with van der Waals surface area (Å²) in [6.45, 7) is 0.870. The highest BCUT2D eigenvalue weighted by Gasteiger charge is 2.24. The van der Waals surface area contributed by atoms with Gasteiger partial charge in [0.05, 0.1) is 4.92 Å². The molecule has 0 saturated carbocycles. The maximum absolute atomic E-state index is 10.6. The van der Waals surface area contributed by atoms with Gasteiger partial charge in [-0.2, -0.15) is 0 Å². The van der Waals surface area contributed by atoms with E-state index in [0.29, 0.717) is 5.92 Å². The molecule has 0 radical (unpaired) electrons. The number of benzene rings is 2. The van der Waals surface area contributed by atoms with E-state index >= 15 is 0 Å². The molecule has 0 heterocycles. The number of hydrogen-bond acceptors (Lipinski definition) is 3. The van der Waals surface area contributed by atoms with Gasteiger partial charge in [0, 0.05) is 30.3 Å². The molecule has 0 bridgehead atoms. The van der Waals surface area contributed by atoms with Gasteiger partial charge in [0.2, 0.25) is 0 Å². The number of fused-ring (bicyclic) bond motifs is 1. The minimum atomic E-state index is -0.383. The standard InChI is InChI=1S/C15H14N2O2/c18-17(19)14-7-5-13(6-8-14)16-10-12-9-11-3-1-2-4-15(11)12/h1-8,12,16H,9-10H2. The molecule has 0 spiro atoms. The molecule has 4 nitrogen and oxygen atoms in total. The van der Waals surface area contributed by atoms with Gasteiger partial charge in [-0.05, 0) is 29.7 Å². The smallest absolute Gasteiger partial charge is 0.269 e. The molecule has 1 unspecified atom stereocenters. The van der Waals surface area contributed by atoms with Crippen LogP contribution >= 0.6 is 0 Å². The zero-order chi connectivity index (χ0) is 13.2. The van der Waals surface area contributed by atoms with E-state index in [-0.39, 0.29) is 10.6 Å². The summed E-state index contributed by atoms with van der Waals surface area (Å²) in [4.78, 5) is 10.2. The maximum atomic E-state index is 10.6. The lowest BCUT2D eigenvalue weighted by atomic mass is 9.77. The second-order valence-electron chi connectivity index (χ2n) is 4.78. The number of anilines is 1. The van der Waals surface area contributed by atoms with Gasteiger partial charge in [-0.3, -0.25) is 10.1 Å². The van der Waals surface area contributed by atoms with E-state index in [1.54, 1.807) is 12.1 Å². The number of hydrogen-bond donors (Lipinski definition) is 1. The number of rotatable bonds is 4. The van der Waals surface area contributed by atoms with Crippen molar-refractivity contribution in [2.75, 3.05) is 11.9 Å². The lowest BCUT2D eigenvalue weighted by Gasteiger charge is -2.30. The second kappa shape index (κ2) is 4.72. The van der Waals surface area contributed by atoms with Crippen LogP contribution in [0.15, 0.2) is 48.5 Å². The van der Waals surface area contributed by atoms with E-state index in [9.17, 15) is 10.1 Å². The molecule has 0 amide bonds. The predicted molar refractivity (Wildman–Crippen MR) is 74.5 cm³/mol. The van der Waals surface area contributed by atoms with Gasteiger partial charge in [0.25, 0.3) is 5.69 Å². The third-order valence-electron chi connectivity index (χ3n) is 3.59. The van der Waals surface area contributed by atoms with Crippen LogP contribution in [0.3, 0.4) is 0 Å². The van der Waals surface area contributed by atoms with E-state index in [1.807, 2.05) is 0 Å². The largest absolute Gasteiger partial charge is 0.384 e. The summed E-state index contributed by atoms with van der Waals surface area (Å²) in [6, 6.07) is 15.0. The Kier molecular flexibility index (Phi) is 2.91. The number of nitrogens with one attached hydrogen (secondary N) is 1. The van der Waals surface area contributed by atoms with Crippen LogP contribution in [-0.4, -0.2) is 11.5 Å². The summed E-state index contributed by atoms with van der Waals surface area (Å²) in [7, 11) is 0. The summed E-state index contributed by atoms with van der Waals surface area (Å²) in [5, 5.41) is 13.9. The Labute approximate surface area is 111 Å². The van der Waals surface area contributed by atoms with Crippen molar-refractivity contribution >= 4 is 11.4 Å². The molecule has 96 valence electrons. The molecule has 1 aliphatic carbocycles. The van der Waals surface area contributed by atoms with Crippen molar-refractivity contribution in [2.24, 2.45) is 0 Å². The first-order valence-corrected chi connectivity index (χ1v) is 6.30. The molecule has 2 aromatic rings. The SMILES string of the molecule is O=[N+]([O-])c1ccc(NCC2Cc3ccccc32)cc1. The quantitative estimate of drug-likeness (QED) is 0.672. The van der Waals surface area contributed by atoms with Crippen molar-refractivity contribution in [3.63, 3.8) is 0 Å². The number of nitrogens with zero attached hydrogens (tertiary/aromatic N) is 1. The molecular formula is C15H14N2O2. The van der Waals surface area contributed by atoms with E-state index in [2.05, 4.69) is 29.6 Å². The molecular weight excluding hydrogens is 240 g/mol. The second-order valence-corrected chi connectivity index (χ2v) is 4.78. The van der Waals surface area contributed by atoms with Crippen molar-refractivity contribution in [3.8, 4) is 0 Å². The minimum absolute atomic E-state index is 0.125. The van der Waals surface area contributed by atoms with Gasteiger partial charge in [0.1, 0.15) is 0 Å². The Morgan fingerprint density at radius 2 is 1.89 bits per heavy atom. The molecule has 1 aliphatic rings. The molecule has 0 aliphatic heterocycles. The first-order chi connectivity index (χ1) is 9.24. The Morgan fingerprint density at radius 1 is 1.16 bits per heavy atom. The fourth-order valence-electron chi connectivity index (χ4n) is 2.49. The third-order valence-corrected chi connectivity index (χ3v) is 3.59. The molecule has 1 atom stereocenters. The molecule has 1 N–H and O–H groups in total. The van der Waals surface area contributed by atoms with Crippen LogP contribution in [0.5, 0.6) is 0 Å². The minimum Gasteiger partial charge on any atom is -0.384 e. The number of nitro groups is 1. The van der Waals surface area contributed by atoms with E-state index in [1.165, 1.54) is 23.3 Å². The summed E-state index contributed by atoms with van der Waals surface area (Å²) in [5.74, 6) is 0.548. The van der Waals surface area contributed by atoms with Gasteiger partial charge in [-0.1, -0.05) is 24.3 Å². The normalized spacial score (nSPS) is 16.3. The summed E-state index contributed by atoms with van der Waals surface area (Å²) in [6.07, 6.45) is 1.11. The fraction of sp³-hybridized carbons (Fsp3) is 0.200. The Morgan fingerprint density at radius 3 is 2.58 bits per heavy atom. The highest BCUT2D eigenvalue weighted by atomic mass is 16.6. The molecule has 0 saturated heterocycles. The van der Waals surface area contributed by atoms with Crippen molar-refractivity contribution in [1.29, 1.82) is 0 Å². The van der Waals surface area contributed by atoms with Crippen LogP contribution in [-0.2, 0) is 6.42 Å². The average Bonchev–Trinajstić information content (AvgIpc) is 2.40. The number of nitro benzene ring substituents is 1. The van der Waals surface area contributed by atoms with Crippen LogP contribution < -0.4 is 5.32 Å². The van der Waals surface area contributed by atoms with Crippen molar-refractivity contribution < 1.29 is 4.92 Å². The summed E-state index contributed by atoms with van der Waals surface area (Å²) in [5.41, 5.74) is 3.89. The van der Waals surface area contributed by atoms with Crippen LogP contribution in [0.4, 0.5) is 11.4 Å². The monoisotopic (exact) mass is 254 g/mol. The molecule has 0 aromatic heterocycles. The van der Waals surface area contributed by atoms with Crippen molar-refractivity contribution in [2.45, 2.75) is 12.3 Å². The van der Waals surface area contributed by atoms with Crippen LogP contribution in [0.25, 0.3) is 0 Å². The summed E-state index contributed by atoms with van der Waals surface area (Å²) >= 11 is 0. The van der Waals surface area contributed by atoms with Crippen LogP contribution in [0.2, 0.25) is 0 Å². The molecule has 2 aromatic carbocycles. The van der Waals surface area contributed by atoms with E-state index in [4.69, 9.17) is 0 Å². The first kappa shape index (κ1) is 11.7. The zero-order valence-corrected chi connectivity index (χ0v) is 10.4. The van der Waals surface area contributed by atoms with Gasteiger partial charge in [-0.25, -0.2) is 0 Å². The lowest BCUT2D eigenvalue weighted by molar-refractivity contribution is -0.384. The molecule has 4 heteroatoms. The fourth-order valence-corrected chi connectivity index (χ4v) is 2.49. The third kappa shape index (κ3) is 2.29. The van der Waals surface area contributed by atoms with E-state index < -0.39 is 0 Å². The van der Waals surface area contributed by atoms with Crippen molar-refractivity contribution in [1.82, 2.24) is 0 Å². The van der Waals surface area contributed by atoms with Gasteiger partial charge in [-0.15, -0.1) is 0 Å². The molecule has 19 heavy (non-hydrogen) atoms. The molecule has 0 fully saturated rings. The van der Waals surface area contributed by atoms with E-state index in [0.717, 1.165) is 18.7 Å². The van der Waals surface area contributed by atoms with Gasteiger partial charge < -0.3 is 5.32 Å². The van der Waals surface area contributed by atoms with Crippen LogP contribution in [0.1, 0.15) is 17.0 Å². The Balaban J connectivity index is 1.60. The Hall–Kier alpha value is -2.36. The predicted octanol–water partition coefficient (Wildman–Crippen LogP) is 3.35. The first-order valence-electron chi connectivity index (χ1n) is 6.30. The maximum Gasteiger partial charge on any atom is 0.269 e. The topological polar surface area (TPSA) is 55.2 Å². The van der Waals surface area contributed by atoms with Crippen LogP contribution in [0, 0.1) is 10.1 Å². The van der Waals surface area contributed by atoms with Gasteiger partial charge >= 0.3 is 0 Å². The zero-order valence-electron chi connectivity index (χ0n) is 10.4. The average molecular weight is 254 g/mol. The Bertz CT molecular complexity index is 608. The molecule has 3 rings (SSSR count). The van der Waals surface area contributed by atoms with Crippen molar-refractivity contribution in [3.05, 3.63) is 69.8 Å². The lowest BCUT2D eigenvalue weighted by Crippen LogP contribution is -2.24. The highest BCUT2D eigenvalue weighted by Crippen LogP contribution is 2.34. The summed E-state index contributed by atoms with van der Waals surface area (Å²) < 4.78 is 0. The van der Waals surface area contributed by atoms with Gasteiger partial charge in [0.15, 0.2) is 0 Å².